The SMILES string of the molecule is COc1ccc(C)cc1C(N)C1CCOC1C. The van der Waals surface area contributed by atoms with Gasteiger partial charge in [0.05, 0.1) is 13.2 Å². The second kappa shape index (κ2) is 5.07. The molecule has 0 spiro atoms. The van der Waals surface area contributed by atoms with Crippen molar-refractivity contribution < 1.29 is 9.47 Å². The molecule has 0 saturated carbocycles. The summed E-state index contributed by atoms with van der Waals surface area (Å²) in [6.45, 7) is 4.98. The van der Waals surface area contributed by atoms with Crippen LogP contribution in [0.2, 0.25) is 0 Å². The summed E-state index contributed by atoms with van der Waals surface area (Å²) in [5.74, 6) is 1.26. The number of hydrogen-bond acceptors (Lipinski definition) is 3. The minimum atomic E-state index is -0.0117. The van der Waals surface area contributed by atoms with Gasteiger partial charge in [-0.25, -0.2) is 0 Å². The van der Waals surface area contributed by atoms with Crippen LogP contribution in [0.25, 0.3) is 0 Å². The van der Waals surface area contributed by atoms with Gasteiger partial charge in [0, 0.05) is 24.1 Å². The Bertz CT molecular complexity index is 392. The van der Waals surface area contributed by atoms with E-state index in [1.54, 1.807) is 7.11 Å². The maximum absolute atomic E-state index is 6.38. The molecule has 1 aliphatic heterocycles. The van der Waals surface area contributed by atoms with Crippen LogP contribution in [0.4, 0.5) is 0 Å². The van der Waals surface area contributed by atoms with Crippen molar-refractivity contribution in [3.63, 3.8) is 0 Å². The van der Waals surface area contributed by atoms with Crippen molar-refractivity contribution in [1.29, 1.82) is 0 Å². The van der Waals surface area contributed by atoms with E-state index < -0.39 is 0 Å². The fourth-order valence-corrected chi connectivity index (χ4v) is 2.56. The topological polar surface area (TPSA) is 44.5 Å². The van der Waals surface area contributed by atoms with E-state index in [1.807, 2.05) is 12.1 Å². The molecule has 3 atom stereocenters. The van der Waals surface area contributed by atoms with Gasteiger partial charge in [-0.15, -0.1) is 0 Å². The Morgan fingerprint density at radius 1 is 1.47 bits per heavy atom. The summed E-state index contributed by atoms with van der Waals surface area (Å²) >= 11 is 0. The van der Waals surface area contributed by atoms with Gasteiger partial charge in [0.15, 0.2) is 0 Å². The summed E-state index contributed by atoms with van der Waals surface area (Å²) in [4.78, 5) is 0. The highest BCUT2D eigenvalue weighted by Crippen LogP contribution is 2.35. The first-order valence-corrected chi connectivity index (χ1v) is 6.15. The molecule has 1 aromatic rings. The first-order valence-electron chi connectivity index (χ1n) is 6.15. The Morgan fingerprint density at radius 2 is 2.24 bits per heavy atom. The van der Waals surface area contributed by atoms with Crippen molar-refractivity contribution in [3.8, 4) is 5.75 Å². The van der Waals surface area contributed by atoms with Crippen LogP contribution in [-0.2, 0) is 4.74 Å². The molecule has 0 aliphatic carbocycles. The molecule has 1 saturated heterocycles. The summed E-state index contributed by atoms with van der Waals surface area (Å²) in [5.41, 5.74) is 8.68. The number of rotatable bonds is 3. The number of methoxy groups -OCH3 is 1. The summed E-state index contributed by atoms with van der Waals surface area (Å²) in [5, 5.41) is 0. The first kappa shape index (κ1) is 12.4. The highest BCUT2D eigenvalue weighted by atomic mass is 16.5. The third-order valence-corrected chi connectivity index (χ3v) is 3.64. The standard InChI is InChI=1S/C14H21NO2/c1-9-4-5-13(16-3)12(8-9)14(15)11-6-7-17-10(11)2/h4-5,8,10-11,14H,6-7,15H2,1-3H3. The lowest BCUT2D eigenvalue weighted by molar-refractivity contribution is 0.0992. The van der Waals surface area contributed by atoms with E-state index in [2.05, 4.69) is 19.9 Å². The van der Waals surface area contributed by atoms with Gasteiger partial charge in [0.2, 0.25) is 0 Å². The predicted octanol–water partition coefficient (Wildman–Crippen LogP) is 2.43. The van der Waals surface area contributed by atoms with Crippen LogP contribution < -0.4 is 10.5 Å². The number of ether oxygens (including phenoxy) is 2. The molecule has 0 amide bonds. The summed E-state index contributed by atoms with van der Waals surface area (Å²) in [6.07, 6.45) is 1.26. The number of nitrogens with two attached hydrogens (primary N) is 1. The second-order valence-electron chi connectivity index (χ2n) is 4.80. The zero-order valence-electron chi connectivity index (χ0n) is 10.8. The number of hydrogen-bond donors (Lipinski definition) is 1. The van der Waals surface area contributed by atoms with Gasteiger partial charge in [-0.3, -0.25) is 0 Å². The summed E-state index contributed by atoms with van der Waals surface area (Å²) < 4.78 is 11.0. The van der Waals surface area contributed by atoms with Crippen molar-refractivity contribution in [2.24, 2.45) is 11.7 Å². The lowest BCUT2D eigenvalue weighted by Gasteiger charge is -2.24. The largest absolute Gasteiger partial charge is 0.496 e. The molecule has 3 heteroatoms. The normalized spacial score (nSPS) is 25.9. The van der Waals surface area contributed by atoms with Crippen molar-refractivity contribution in [3.05, 3.63) is 29.3 Å². The Hall–Kier alpha value is -1.06. The highest BCUT2D eigenvalue weighted by molar-refractivity contribution is 5.39. The molecule has 3 nitrogen and oxygen atoms in total. The van der Waals surface area contributed by atoms with Crippen LogP contribution in [0.3, 0.4) is 0 Å². The van der Waals surface area contributed by atoms with E-state index >= 15 is 0 Å². The highest BCUT2D eigenvalue weighted by Gasteiger charge is 2.31. The van der Waals surface area contributed by atoms with Gasteiger partial charge in [-0.2, -0.15) is 0 Å². The minimum absolute atomic E-state index is 0.0117. The lowest BCUT2D eigenvalue weighted by atomic mass is 9.88. The molecule has 1 aliphatic rings. The zero-order valence-corrected chi connectivity index (χ0v) is 10.8. The van der Waals surface area contributed by atoms with E-state index in [1.165, 1.54) is 5.56 Å². The van der Waals surface area contributed by atoms with Gasteiger partial charge in [-0.1, -0.05) is 17.7 Å². The number of aryl methyl sites for hydroxylation is 1. The monoisotopic (exact) mass is 235 g/mol. The molecule has 1 heterocycles. The smallest absolute Gasteiger partial charge is 0.123 e. The molecule has 3 unspecified atom stereocenters. The fourth-order valence-electron chi connectivity index (χ4n) is 2.56. The Labute approximate surface area is 103 Å². The summed E-state index contributed by atoms with van der Waals surface area (Å²) in [7, 11) is 1.69. The van der Waals surface area contributed by atoms with E-state index in [4.69, 9.17) is 15.2 Å². The van der Waals surface area contributed by atoms with Gasteiger partial charge in [0.1, 0.15) is 5.75 Å². The minimum Gasteiger partial charge on any atom is -0.496 e. The van der Waals surface area contributed by atoms with Gasteiger partial charge in [-0.05, 0) is 26.3 Å². The quantitative estimate of drug-likeness (QED) is 0.875. The average molecular weight is 235 g/mol. The van der Waals surface area contributed by atoms with Crippen molar-refractivity contribution in [2.75, 3.05) is 13.7 Å². The molecule has 17 heavy (non-hydrogen) atoms. The lowest BCUT2D eigenvalue weighted by Crippen LogP contribution is -2.27. The Kier molecular flexibility index (Phi) is 3.69. The molecule has 2 N–H and O–H groups in total. The molecular formula is C14H21NO2. The van der Waals surface area contributed by atoms with Crippen LogP contribution in [0.15, 0.2) is 18.2 Å². The van der Waals surface area contributed by atoms with E-state index in [-0.39, 0.29) is 12.1 Å². The zero-order chi connectivity index (χ0) is 12.4. The van der Waals surface area contributed by atoms with E-state index in [9.17, 15) is 0 Å². The Morgan fingerprint density at radius 3 is 2.82 bits per heavy atom. The van der Waals surface area contributed by atoms with Crippen LogP contribution >= 0.6 is 0 Å². The second-order valence-corrected chi connectivity index (χ2v) is 4.80. The van der Waals surface area contributed by atoms with E-state index in [0.717, 1.165) is 24.3 Å². The van der Waals surface area contributed by atoms with Gasteiger partial charge < -0.3 is 15.2 Å². The molecule has 1 fully saturated rings. The fraction of sp³-hybridized carbons (Fsp3) is 0.571. The van der Waals surface area contributed by atoms with Gasteiger partial charge in [0.25, 0.3) is 0 Å². The maximum atomic E-state index is 6.38. The molecule has 94 valence electrons. The average Bonchev–Trinajstić information content (AvgIpc) is 2.74. The van der Waals surface area contributed by atoms with Crippen LogP contribution in [0.1, 0.15) is 30.5 Å². The van der Waals surface area contributed by atoms with Crippen LogP contribution in [0.5, 0.6) is 5.75 Å². The molecule has 2 rings (SSSR count). The molecular weight excluding hydrogens is 214 g/mol. The van der Waals surface area contributed by atoms with Crippen LogP contribution in [0, 0.1) is 12.8 Å². The molecule has 0 bridgehead atoms. The van der Waals surface area contributed by atoms with Crippen molar-refractivity contribution >= 4 is 0 Å². The predicted molar refractivity (Wildman–Crippen MR) is 68.2 cm³/mol. The maximum Gasteiger partial charge on any atom is 0.123 e. The summed E-state index contributed by atoms with van der Waals surface area (Å²) in [6, 6.07) is 6.14. The van der Waals surface area contributed by atoms with E-state index in [0.29, 0.717) is 5.92 Å². The third kappa shape index (κ3) is 2.45. The Balaban J connectivity index is 2.28. The molecule has 0 radical (unpaired) electrons. The third-order valence-electron chi connectivity index (χ3n) is 3.64. The van der Waals surface area contributed by atoms with Crippen molar-refractivity contribution in [2.45, 2.75) is 32.4 Å². The first-order chi connectivity index (χ1) is 8.13. The van der Waals surface area contributed by atoms with Crippen molar-refractivity contribution in [1.82, 2.24) is 0 Å². The van der Waals surface area contributed by atoms with Crippen LogP contribution in [-0.4, -0.2) is 19.8 Å². The molecule has 1 aromatic carbocycles. The van der Waals surface area contributed by atoms with Gasteiger partial charge >= 0.3 is 0 Å². The molecule has 0 aromatic heterocycles. The number of benzene rings is 1.